The summed E-state index contributed by atoms with van der Waals surface area (Å²) in [6, 6.07) is 0. The number of aliphatic imine (C=N–C) groups is 1. The molecule has 1 atom stereocenters. The molecule has 1 heterocycles. The average molecular weight is 98.1 g/mol. The summed E-state index contributed by atoms with van der Waals surface area (Å²) in [5.41, 5.74) is 5.44. The Bertz CT molecular complexity index is 78.1. The third-order valence-corrected chi connectivity index (χ3v) is 1.13. The van der Waals surface area contributed by atoms with Crippen LogP contribution in [0, 0.1) is 0 Å². The van der Waals surface area contributed by atoms with E-state index in [-0.39, 0.29) is 6.17 Å². The van der Waals surface area contributed by atoms with Crippen molar-refractivity contribution in [2.75, 3.05) is 0 Å². The van der Waals surface area contributed by atoms with E-state index in [1.807, 2.05) is 6.21 Å². The maximum Gasteiger partial charge on any atom is 0.0965 e. The van der Waals surface area contributed by atoms with Crippen LogP contribution in [0.5, 0.6) is 0 Å². The highest BCUT2D eigenvalue weighted by Crippen LogP contribution is 2.02. The molecule has 0 aromatic heterocycles. The molecule has 0 saturated heterocycles. The van der Waals surface area contributed by atoms with E-state index in [9.17, 15) is 0 Å². The first-order valence-corrected chi connectivity index (χ1v) is 2.67. The van der Waals surface area contributed by atoms with Gasteiger partial charge in [-0.3, -0.25) is 4.99 Å². The van der Waals surface area contributed by atoms with Crippen LogP contribution in [-0.2, 0) is 0 Å². The maximum atomic E-state index is 5.44. The van der Waals surface area contributed by atoms with E-state index in [0.29, 0.717) is 0 Å². The monoisotopic (exact) mass is 98.1 g/mol. The van der Waals surface area contributed by atoms with Gasteiger partial charge in [-0.05, 0) is 19.3 Å². The highest BCUT2D eigenvalue weighted by molar-refractivity contribution is 5.58. The second-order valence-electron chi connectivity index (χ2n) is 1.83. The molecule has 1 unspecified atom stereocenters. The topological polar surface area (TPSA) is 38.4 Å². The molecule has 0 radical (unpaired) electrons. The Kier molecular flexibility index (Phi) is 1.42. The molecule has 0 amide bonds. The molecular weight excluding hydrogens is 88.1 g/mol. The van der Waals surface area contributed by atoms with Crippen LogP contribution in [0.15, 0.2) is 4.99 Å². The summed E-state index contributed by atoms with van der Waals surface area (Å²) in [5, 5.41) is 0. The van der Waals surface area contributed by atoms with Crippen molar-refractivity contribution in [2.24, 2.45) is 10.7 Å². The fourth-order valence-electron chi connectivity index (χ4n) is 0.703. The minimum absolute atomic E-state index is 0.105. The quantitative estimate of drug-likeness (QED) is 0.471. The lowest BCUT2D eigenvalue weighted by Gasteiger charge is -2.08. The molecule has 0 bridgehead atoms. The number of hydrogen-bond donors (Lipinski definition) is 1. The van der Waals surface area contributed by atoms with Gasteiger partial charge < -0.3 is 5.73 Å². The molecule has 0 aromatic rings. The van der Waals surface area contributed by atoms with Crippen LogP contribution in [0.1, 0.15) is 19.3 Å². The van der Waals surface area contributed by atoms with Gasteiger partial charge in [0.05, 0.1) is 6.17 Å². The first-order valence-electron chi connectivity index (χ1n) is 2.67. The summed E-state index contributed by atoms with van der Waals surface area (Å²) in [4.78, 5) is 3.98. The van der Waals surface area contributed by atoms with Gasteiger partial charge >= 0.3 is 0 Å². The van der Waals surface area contributed by atoms with Gasteiger partial charge in [0.2, 0.25) is 0 Å². The molecule has 2 heteroatoms. The van der Waals surface area contributed by atoms with E-state index in [2.05, 4.69) is 4.99 Å². The molecule has 2 nitrogen and oxygen atoms in total. The zero-order valence-corrected chi connectivity index (χ0v) is 4.30. The second kappa shape index (κ2) is 2.07. The molecule has 0 saturated carbocycles. The minimum Gasteiger partial charge on any atom is -0.310 e. The zero-order valence-electron chi connectivity index (χ0n) is 4.30. The minimum atomic E-state index is 0.105. The van der Waals surface area contributed by atoms with E-state index >= 15 is 0 Å². The van der Waals surface area contributed by atoms with Crippen molar-refractivity contribution >= 4 is 6.21 Å². The Hall–Kier alpha value is -0.370. The first kappa shape index (κ1) is 4.78. The fourth-order valence-corrected chi connectivity index (χ4v) is 0.703. The van der Waals surface area contributed by atoms with E-state index in [1.165, 1.54) is 6.42 Å². The maximum absolute atomic E-state index is 5.44. The van der Waals surface area contributed by atoms with Crippen LogP contribution < -0.4 is 5.73 Å². The van der Waals surface area contributed by atoms with Crippen molar-refractivity contribution in [1.82, 2.24) is 0 Å². The van der Waals surface area contributed by atoms with Gasteiger partial charge in [-0.15, -0.1) is 0 Å². The van der Waals surface area contributed by atoms with Crippen molar-refractivity contribution in [1.29, 1.82) is 0 Å². The molecular formula is C5H10N2. The lowest BCUT2D eigenvalue weighted by atomic mass is 10.2. The second-order valence-corrected chi connectivity index (χ2v) is 1.83. The summed E-state index contributed by atoms with van der Waals surface area (Å²) in [7, 11) is 0. The fraction of sp³-hybridized carbons (Fsp3) is 0.800. The van der Waals surface area contributed by atoms with Crippen molar-refractivity contribution in [2.45, 2.75) is 25.4 Å². The predicted octanol–water partition coefficient (Wildman–Crippen LogP) is 0.526. The average Bonchev–Trinajstić information content (AvgIpc) is 1.69. The number of hydrogen-bond acceptors (Lipinski definition) is 2. The molecule has 1 aliphatic heterocycles. The van der Waals surface area contributed by atoms with Crippen LogP contribution >= 0.6 is 0 Å². The van der Waals surface area contributed by atoms with Crippen LogP contribution in [0.3, 0.4) is 0 Å². The molecule has 1 aliphatic rings. The van der Waals surface area contributed by atoms with Crippen molar-refractivity contribution < 1.29 is 0 Å². The Morgan fingerprint density at radius 2 is 2.57 bits per heavy atom. The van der Waals surface area contributed by atoms with Crippen molar-refractivity contribution in [3.05, 3.63) is 0 Å². The summed E-state index contributed by atoms with van der Waals surface area (Å²) >= 11 is 0. The van der Waals surface area contributed by atoms with Crippen LogP contribution in [0.4, 0.5) is 0 Å². The predicted molar refractivity (Wildman–Crippen MR) is 30.3 cm³/mol. The Balaban J connectivity index is 2.36. The third kappa shape index (κ3) is 1.27. The molecule has 0 aliphatic carbocycles. The van der Waals surface area contributed by atoms with Crippen molar-refractivity contribution in [3.8, 4) is 0 Å². The van der Waals surface area contributed by atoms with Gasteiger partial charge in [-0.25, -0.2) is 0 Å². The van der Waals surface area contributed by atoms with Gasteiger partial charge in [-0.1, -0.05) is 0 Å². The van der Waals surface area contributed by atoms with E-state index in [1.54, 1.807) is 0 Å². The van der Waals surface area contributed by atoms with Gasteiger partial charge in [0.15, 0.2) is 0 Å². The number of nitrogens with zero attached hydrogens (tertiary/aromatic N) is 1. The normalized spacial score (nSPS) is 30.7. The van der Waals surface area contributed by atoms with Crippen LogP contribution in [0.25, 0.3) is 0 Å². The Morgan fingerprint density at radius 1 is 1.71 bits per heavy atom. The highest BCUT2D eigenvalue weighted by Gasteiger charge is 2.00. The number of nitrogens with two attached hydrogens (primary N) is 1. The van der Waals surface area contributed by atoms with Crippen LogP contribution in [-0.4, -0.2) is 12.4 Å². The summed E-state index contributed by atoms with van der Waals surface area (Å²) in [6.45, 7) is 0. The summed E-state index contributed by atoms with van der Waals surface area (Å²) in [6.07, 6.45) is 5.41. The third-order valence-electron chi connectivity index (χ3n) is 1.13. The molecule has 2 N–H and O–H groups in total. The number of rotatable bonds is 0. The van der Waals surface area contributed by atoms with Gasteiger partial charge in [0, 0.05) is 6.21 Å². The Labute approximate surface area is 43.4 Å². The lowest BCUT2D eigenvalue weighted by molar-refractivity contribution is 0.595. The molecule has 40 valence electrons. The molecule has 1 rings (SSSR count). The summed E-state index contributed by atoms with van der Waals surface area (Å²) in [5.74, 6) is 0. The highest BCUT2D eigenvalue weighted by atomic mass is 14.9. The Morgan fingerprint density at radius 3 is 2.86 bits per heavy atom. The van der Waals surface area contributed by atoms with Gasteiger partial charge in [0.1, 0.15) is 0 Å². The standard InChI is InChI=1S/C5H10N2/c6-5-3-1-2-4-7-5/h4-5H,1-3,6H2. The molecule has 7 heavy (non-hydrogen) atoms. The molecule has 0 aromatic carbocycles. The van der Waals surface area contributed by atoms with E-state index in [0.717, 1.165) is 12.8 Å². The van der Waals surface area contributed by atoms with E-state index in [4.69, 9.17) is 5.73 Å². The van der Waals surface area contributed by atoms with Crippen molar-refractivity contribution in [3.63, 3.8) is 0 Å². The van der Waals surface area contributed by atoms with Gasteiger partial charge in [0.25, 0.3) is 0 Å². The zero-order chi connectivity index (χ0) is 5.11. The first-order chi connectivity index (χ1) is 3.39. The summed E-state index contributed by atoms with van der Waals surface area (Å²) < 4.78 is 0. The smallest absolute Gasteiger partial charge is 0.0965 e. The molecule has 0 spiro atoms. The van der Waals surface area contributed by atoms with E-state index < -0.39 is 0 Å². The van der Waals surface area contributed by atoms with Gasteiger partial charge in [-0.2, -0.15) is 0 Å². The van der Waals surface area contributed by atoms with Crippen LogP contribution in [0.2, 0.25) is 0 Å². The lowest BCUT2D eigenvalue weighted by Crippen LogP contribution is -2.19. The SMILES string of the molecule is NC1CCCC=N1. The largest absolute Gasteiger partial charge is 0.310 e. The molecule has 0 fully saturated rings.